The van der Waals surface area contributed by atoms with Crippen LogP contribution in [0.3, 0.4) is 0 Å². The average molecular weight is 371 g/mol. The van der Waals surface area contributed by atoms with E-state index in [-0.39, 0.29) is 11.5 Å². The number of fused-ring (bicyclic) bond motifs is 1. The number of aryl methyl sites for hydroxylation is 1. The van der Waals surface area contributed by atoms with Crippen LogP contribution in [0.15, 0.2) is 18.6 Å². The molecule has 0 spiro atoms. The van der Waals surface area contributed by atoms with Crippen LogP contribution in [0.2, 0.25) is 0 Å². The van der Waals surface area contributed by atoms with Gasteiger partial charge in [0.1, 0.15) is 0 Å². The molecule has 1 aliphatic heterocycles. The molecule has 1 saturated heterocycles. The van der Waals surface area contributed by atoms with Gasteiger partial charge in [-0.15, -0.1) is 0 Å². The summed E-state index contributed by atoms with van der Waals surface area (Å²) in [6, 6.07) is 0.271. The predicted octanol–water partition coefficient (Wildman–Crippen LogP) is 2.33. The highest BCUT2D eigenvalue weighted by Gasteiger charge is 2.34. The fraction of sp³-hybridized carbons (Fsp3) is 0.650. The first-order valence-corrected chi connectivity index (χ1v) is 9.97. The van der Waals surface area contributed by atoms with E-state index in [4.69, 9.17) is 9.72 Å². The third kappa shape index (κ3) is 4.14. The lowest BCUT2D eigenvalue weighted by atomic mass is 9.74. The number of nitrogens with zero attached hydrogens (tertiary/aromatic N) is 5. The summed E-state index contributed by atoms with van der Waals surface area (Å²) in [5.74, 6) is 0.845. The molecule has 2 aromatic rings. The summed E-state index contributed by atoms with van der Waals surface area (Å²) >= 11 is 0. The zero-order valence-electron chi connectivity index (χ0n) is 16.6. The molecule has 0 aromatic carbocycles. The van der Waals surface area contributed by atoms with Gasteiger partial charge < -0.3 is 15.0 Å². The lowest BCUT2D eigenvalue weighted by Gasteiger charge is -2.37. The molecular formula is C20H30N6O. The van der Waals surface area contributed by atoms with E-state index in [2.05, 4.69) is 47.3 Å². The second kappa shape index (κ2) is 7.56. The topological polar surface area (TPSA) is 68.1 Å². The summed E-state index contributed by atoms with van der Waals surface area (Å²) in [5.41, 5.74) is 3.86. The van der Waals surface area contributed by atoms with Crippen LogP contribution in [0.1, 0.15) is 50.1 Å². The smallest absolute Gasteiger partial charge is 0.225 e. The zero-order chi connectivity index (χ0) is 18.9. The maximum absolute atomic E-state index is 5.45. The van der Waals surface area contributed by atoms with E-state index in [0.29, 0.717) is 0 Å². The van der Waals surface area contributed by atoms with Crippen LogP contribution >= 0.6 is 0 Å². The average Bonchev–Trinajstić information content (AvgIpc) is 3.13. The Morgan fingerprint density at radius 2 is 2.07 bits per heavy atom. The van der Waals surface area contributed by atoms with E-state index in [1.807, 2.05) is 17.1 Å². The molecular weight excluding hydrogens is 340 g/mol. The van der Waals surface area contributed by atoms with Crippen molar-refractivity contribution in [3.05, 3.63) is 35.4 Å². The largest absolute Gasteiger partial charge is 0.378 e. The van der Waals surface area contributed by atoms with E-state index in [1.54, 1.807) is 0 Å². The molecule has 4 rings (SSSR count). The minimum absolute atomic E-state index is 0.217. The molecule has 1 aliphatic carbocycles. The summed E-state index contributed by atoms with van der Waals surface area (Å²) in [4.78, 5) is 11.9. The minimum Gasteiger partial charge on any atom is -0.378 e. The van der Waals surface area contributed by atoms with Crippen molar-refractivity contribution in [3.8, 4) is 0 Å². The first kappa shape index (κ1) is 18.4. The second-order valence-electron chi connectivity index (χ2n) is 8.35. The highest BCUT2D eigenvalue weighted by atomic mass is 16.5. The lowest BCUT2D eigenvalue weighted by molar-refractivity contribution is 0.122. The molecule has 1 N–H and O–H groups in total. The number of hydrogen-bond acceptors (Lipinski definition) is 6. The van der Waals surface area contributed by atoms with Crippen molar-refractivity contribution < 1.29 is 4.74 Å². The highest BCUT2D eigenvalue weighted by Crippen LogP contribution is 2.40. The van der Waals surface area contributed by atoms with E-state index >= 15 is 0 Å². The van der Waals surface area contributed by atoms with Gasteiger partial charge in [0.2, 0.25) is 5.95 Å². The SMILES string of the molecule is CCn1cc(CNC2CC(C)(C)Cc3nc(N4CCOCC4)ncc32)cn1. The number of rotatable bonds is 5. The Labute approximate surface area is 161 Å². The zero-order valence-corrected chi connectivity index (χ0v) is 16.6. The standard InChI is InChI=1S/C20H30N6O/c1-4-26-14-15(12-23-26)11-21-17-9-20(2,3)10-18-16(17)13-22-19(24-18)25-5-7-27-8-6-25/h12-14,17,21H,4-11H2,1-3H3. The van der Waals surface area contributed by atoms with Gasteiger partial charge in [0, 0.05) is 55.7 Å². The van der Waals surface area contributed by atoms with Crippen molar-refractivity contribution in [2.75, 3.05) is 31.2 Å². The maximum atomic E-state index is 5.45. The number of anilines is 1. The molecule has 3 heterocycles. The van der Waals surface area contributed by atoms with Gasteiger partial charge in [-0.3, -0.25) is 4.68 Å². The van der Waals surface area contributed by atoms with Crippen LogP contribution < -0.4 is 10.2 Å². The van der Waals surface area contributed by atoms with Crippen LogP contribution in [0.5, 0.6) is 0 Å². The van der Waals surface area contributed by atoms with Gasteiger partial charge in [-0.25, -0.2) is 9.97 Å². The normalized spacial score (nSPS) is 21.9. The molecule has 27 heavy (non-hydrogen) atoms. The Morgan fingerprint density at radius 3 is 2.81 bits per heavy atom. The Hall–Kier alpha value is -1.99. The molecule has 146 valence electrons. The Morgan fingerprint density at radius 1 is 1.26 bits per heavy atom. The Kier molecular flexibility index (Phi) is 5.14. The second-order valence-corrected chi connectivity index (χ2v) is 8.35. The number of nitrogens with one attached hydrogen (secondary N) is 1. The molecule has 1 atom stereocenters. The summed E-state index contributed by atoms with van der Waals surface area (Å²) in [5, 5.41) is 8.09. The molecule has 2 aliphatic rings. The van der Waals surface area contributed by atoms with Gasteiger partial charge in [-0.05, 0) is 25.2 Å². The van der Waals surface area contributed by atoms with Crippen molar-refractivity contribution in [2.24, 2.45) is 5.41 Å². The van der Waals surface area contributed by atoms with Gasteiger partial charge in [0.25, 0.3) is 0 Å². The van der Waals surface area contributed by atoms with Gasteiger partial charge >= 0.3 is 0 Å². The molecule has 0 bridgehead atoms. The number of aromatic nitrogens is 4. The van der Waals surface area contributed by atoms with Crippen LogP contribution in [-0.4, -0.2) is 46.1 Å². The van der Waals surface area contributed by atoms with Gasteiger partial charge in [0.05, 0.1) is 25.1 Å². The predicted molar refractivity (Wildman–Crippen MR) is 105 cm³/mol. The van der Waals surface area contributed by atoms with E-state index in [1.165, 1.54) is 16.8 Å². The quantitative estimate of drug-likeness (QED) is 0.871. The third-order valence-corrected chi connectivity index (χ3v) is 5.52. The summed E-state index contributed by atoms with van der Waals surface area (Å²) in [6.45, 7) is 11.7. The highest BCUT2D eigenvalue weighted by molar-refractivity contribution is 5.36. The van der Waals surface area contributed by atoms with Gasteiger partial charge in [-0.2, -0.15) is 5.10 Å². The van der Waals surface area contributed by atoms with Crippen LogP contribution in [0, 0.1) is 5.41 Å². The molecule has 7 heteroatoms. The van der Waals surface area contributed by atoms with Crippen LogP contribution in [-0.2, 0) is 24.2 Å². The molecule has 2 aromatic heterocycles. The molecule has 1 unspecified atom stereocenters. The first-order chi connectivity index (χ1) is 13.0. The fourth-order valence-electron chi connectivity index (χ4n) is 4.05. The van der Waals surface area contributed by atoms with E-state index < -0.39 is 0 Å². The first-order valence-electron chi connectivity index (χ1n) is 9.97. The summed E-state index contributed by atoms with van der Waals surface area (Å²) < 4.78 is 7.42. The van der Waals surface area contributed by atoms with Crippen LogP contribution in [0.4, 0.5) is 5.95 Å². The minimum atomic E-state index is 0.217. The third-order valence-electron chi connectivity index (χ3n) is 5.52. The number of morpholine rings is 1. The number of ether oxygens (including phenoxy) is 1. The lowest BCUT2D eigenvalue weighted by Crippen LogP contribution is -2.39. The van der Waals surface area contributed by atoms with Crippen molar-refractivity contribution in [1.29, 1.82) is 0 Å². The van der Waals surface area contributed by atoms with Gasteiger partial charge in [-0.1, -0.05) is 13.8 Å². The van der Waals surface area contributed by atoms with Gasteiger partial charge in [0.15, 0.2) is 0 Å². The van der Waals surface area contributed by atoms with Crippen LogP contribution in [0.25, 0.3) is 0 Å². The molecule has 0 radical (unpaired) electrons. The summed E-state index contributed by atoms with van der Waals surface area (Å²) in [6.07, 6.45) is 8.18. The van der Waals surface area contributed by atoms with Crippen molar-refractivity contribution in [2.45, 2.75) is 52.7 Å². The number of hydrogen-bond donors (Lipinski definition) is 1. The molecule has 7 nitrogen and oxygen atoms in total. The molecule has 0 amide bonds. The van der Waals surface area contributed by atoms with Crippen molar-refractivity contribution >= 4 is 5.95 Å². The Balaban J connectivity index is 1.53. The monoisotopic (exact) mass is 370 g/mol. The molecule has 1 fully saturated rings. The molecule has 0 saturated carbocycles. The maximum Gasteiger partial charge on any atom is 0.225 e. The van der Waals surface area contributed by atoms with Crippen molar-refractivity contribution in [3.63, 3.8) is 0 Å². The Bertz CT molecular complexity index is 781. The van der Waals surface area contributed by atoms with E-state index in [0.717, 1.165) is 58.2 Å². The van der Waals surface area contributed by atoms with Crippen molar-refractivity contribution in [1.82, 2.24) is 25.1 Å². The summed E-state index contributed by atoms with van der Waals surface area (Å²) in [7, 11) is 0. The van der Waals surface area contributed by atoms with E-state index in [9.17, 15) is 0 Å². The fourth-order valence-corrected chi connectivity index (χ4v) is 4.05.